The highest BCUT2D eigenvalue weighted by atomic mass is 16.5. The van der Waals surface area contributed by atoms with Crippen molar-refractivity contribution in [2.24, 2.45) is 0 Å². The minimum Gasteiger partial charge on any atom is -0.490 e. The second-order valence-corrected chi connectivity index (χ2v) is 6.16. The third kappa shape index (κ3) is 6.41. The number of carbonyl (C=O) groups excluding carboxylic acids is 2. The zero-order valence-corrected chi connectivity index (χ0v) is 17.3. The van der Waals surface area contributed by atoms with E-state index in [1.165, 1.54) is 6.92 Å². The van der Waals surface area contributed by atoms with Gasteiger partial charge in [-0.25, -0.2) is 0 Å². The van der Waals surface area contributed by atoms with E-state index in [-0.39, 0.29) is 11.8 Å². The summed E-state index contributed by atoms with van der Waals surface area (Å²) in [7, 11) is 0. The first-order chi connectivity index (χ1) is 14.0. The van der Waals surface area contributed by atoms with Crippen LogP contribution in [0.3, 0.4) is 0 Å². The van der Waals surface area contributed by atoms with Crippen LogP contribution in [0, 0.1) is 0 Å². The van der Waals surface area contributed by atoms with Crippen molar-refractivity contribution < 1.29 is 23.8 Å². The Morgan fingerprint density at radius 3 is 2.07 bits per heavy atom. The minimum absolute atomic E-state index is 0.146. The second-order valence-electron chi connectivity index (χ2n) is 6.16. The van der Waals surface area contributed by atoms with Gasteiger partial charge in [0.2, 0.25) is 11.7 Å². The van der Waals surface area contributed by atoms with Crippen molar-refractivity contribution in [1.82, 2.24) is 5.32 Å². The van der Waals surface area contributed by atoms with Gasteiger partial charge in [-0.05, 0) is 50.6 Å². The molecule has 0 atom stereocenters. The molecular formula is C22H28N2O5. The fourth-order valence-electron chi connectivity index (χ4n) is 2.77. The molecule has 7 heteroatoms. The molecule has 0 saturated heterocycles. The van der Waals surface area contributed by atoms with E-state index in [0.29, 0.717) is 54.9 Å². The van der Waals surface area contributed by atoms with Crippen molar-refractivity contribution in [2.75, 3.05) is 25.1 Å². The lowest BCUT2D eigenvalue weighted by Gasteiger charge is -2.17. The molecule has 0 heterocycles. The number of benzene rings is 2. The molecule has 29 heavy (non-hydrogen) atoms. The highest BCUT2D eigenvalue weighted by Gasteiger charge is 2.18. The molecule has 2 amide bonds. The number of rotatable bonds is 10. The molecule has 2 aromatic carbocycles. The molecule has 0 radical (unpaired) electrons. The van der Waals surface area contributed by atoms with Crippen LogP contribution in [-0.2, 0) is 11.3 Å². The molecular weight excluding hydrogens is 372 g/mol. The van der Waals surface area contributed by atoms with Crippen molar-refractivity contribution in [3.05, 3.63) is 47.5 Å². The Labute approximate surface area is 171 Å². The van der Waals surface area contributed by atoms with Gasteiger partial charge in [-0.1, -0.05) is 12.1 Å². The van der Waals surface area contributed by atoms with Crippen molar-refractivity contribution in [2.45, 2.75) is 34.2 Å². The van der Waals surface area contributed by atoms with Crippen LogP contribution in [0.5, 0.6) is 17.2 Å². The summed E-state index contributed by atoms with van der Waals surface area (Å²) >= 11 is 0. The second kappa shape index (κ2) is 10.9. The molecule has 0 aliphatic carbocycles. The van der Waals surface area contributed by atoms with E-state index in [2.05, 4.69) is 10.6 Å². The lowest BCUT2D eigenvalue weighted by atomic mass is 10.1. The Morgan fingerprint density at radius 1 is 0.897 bits per heavy atom. The molecule has 0 bridgehead atoms. The molecule has 156 valence electrons. The Bertz CT molecular complexity index is 824. The van der Waals surface area contributed by atoms with Gasteiger partial charge in [0.25, 0.3) is 5.91 Å². The molecule has 0 spiro atoms. The molecule has 2 N–H and O–H groups in total. The molecule has 2 aromatic rings. The predicted molar refractivity (Wildman–Crippen MR) is 112 cm³/mol. The number of hydrogen-bond donors (Lipinski definition) is 2. The number of amides is 2. The summed E-state index contributed by atoms with van der Waals surface area (Å²) in [6.45, 7) is 8.70. The molecule has 0 aliphatic rings. The van der Waals surface area contributed by atoms with Gasteiger partial charge in [-0.3, -0.25) is 9.59 Å². The first-order valence-electron chi connectivity index (χ1n) is 9.69. The summed E-state index contributed by atoms with van der Waals surface area (Å²) in [6.07, 6.45) is 0. The van der Waals surface area contributed by atoms with E-state index in [0.717, 1.165) is 5.56 Å². The minimum atomic E-state index is -0.264. The first kappa shape index (κ1) is 22.1. The molecule has 0 aromatic heterocycles. The van der Waals surface area contributed by atoms with Gasteiger partial charge in [-0.15, -0.1) is 0 Å². The molecule has 0 aliphatic heterocycles. The van der Waals surface area contributed by atoms with E-state index in [1.807, 2.05) is 39.0 Å². The molecule has 0 saturated carbocycles. The number of nitrogens with one attached hydrogen (secondary N) is 2. The van der Waals surface area contributed by atoms with Crippen LogP contribution < -0.4 is 24.8 Å². The van der Waals surface area contributed by atoms with E-state index in [1.54, 1.807) is 18.2 Å². The van der Waals surface area contributed by atoms with Crippen LogP contribution in [-0.4, -0.2) is 31.6 Å². The molecule has 2 rings (SSSR count). The first-order valence-corrected chi connectivity index (χ1v) is 9.69. The Balaban J connectivity index is 2.20. The maximum Gasteiger partial charge on any atom is 0.251 e. The molecule has 0 unspecified atom stereocenters. The summed E-state index contributed by atoms with van der Waals surface area (Å²) in [4.78, 5) is 23.9. The van der Waals surface area contributed by atoms with Crippen molar-refractivity contribution in [1.29, 1.82) is 0 Å². The normalized spacial score (nSPS) is 10.2. The number of carbonyl (C=O) groups is 2. The number of anilines is 1. The van der Waals surface area contributed by atoms with Crippen molar-refractivity contribution in [3.8, 4) is 17.2 Å². The fourth-order valence-corrected chi connectivity index (χ4v) is 2.77. The standard InChI is InChI=1S/C22H28N2O5/c1-5-27-19-12-17(13-20(28-6-2)21(19)29-7-3)22(26)23-14-16-9-8-10-18(11-16)24-15(4)25/h8-13H,5-7,14H2,1-4H3,(H,23,26)(H,24,25). The van der Waals surface area contributed by atoms with E-state index in [9.17, 15) is 9.59 Å². The van der Waals surface area contributed by atoms with E-state index in [4.69, 9.17) is 14.2 Å². The van der Waals surface area contributed by atoms with Crippen molar-refractivity contribution >= 4 is 17.5 Å². The number of ether oxygens (including phenoxy) is 3. The molecule has 7 nitrogen and oxygen atoms in total. The largest absolute Gasteiger partial charge is 0.490 e. The van der Waals surface area contributed by atoms with E-state index >= 15 is 0 Å². The lowest BCUT2D eigenvalue weighted by molar-refractivity contribution is -0.114. The molecule has 0 fully saturated rings. The zero-order chi connectivity index (χ0) is 21.2. The van der Waals surface area contributed by atoms with Crippen LogP contribution in [0.4, 0.5) is 5.69 Å². The summed E-state index contributed by atoms with van der Waals surface area (Å²) in [6, 6.07) is 10.6. The van der Waals surface area contributed by atoms with Gasteiger partial charge in [0, 0.05) is 24.7 Å². The summed E-state index contributed by atoms with van der Waals surface area (Å²) in [5, 5.41) is 5.61. The van der Waals surface area contributed by atoms with Gasteiger partial charge in [-0.2, -0.15) is 0 Å². The van der Waals surface area contributed by atoms with Gasteiger partial charge >= 0.3 is 0 Å². The highest BCUT2D eigenvalue weighted by Crippen LogP contribution is 2.39. The fraction of sp³-hybridized carbons (Fsp3) is 0.364. The summed E-state index contributed by atoms with van der Waals surface area (Å²) in [5.41, 5.74) is 1.96. The van der Waals surface area contributed by atoms with Crippen LogP contribution in [0.2, 0.25) is 0 Å². The average Bonchev–Trinajstić information content (AvgIpc) is 2.68. The smallest absolute Gasteiger partial charge is 0.251 e. The van der Waals surface area contributed by atoms with Gasteiger partial charge < -0.3 is 24.8 Å². The van der Waals surface area contributed by atoms with Gasteiger partial charge in [0.05, 0.1) is 19.8 Å². The average molecular weight is 400 g/mol. The summed E-state index contributed by atoms with van der Waals surface area (Å²) < 4.78 is 17.0. The third-order valence-corrected chi connectivity index (χ3v) is 3.87. The quantitative estimate of drug-likeness (QED) is 0.634. The Morgan fingerprint density at radius 2 is 1.52 bits per heavy atom. The maximum absolute atomic E-state index is 12.7. The summed E-state index contributed by atoms with van der Waals surface area (Å²) in [5.74, 6) is 1.03. The Kier molecular flexibility index (Phi) is 8.33. The van der Waals surface area contributed by atoms with Crippen LogP contribution in [0.15, 0.2) is 36.4 Å². The van der Waals surface area contributed by atoms with E-state index < -0.39 is 0 Å². The topological polar surface area (TPSA) is 85.9 Å². The zero-order valence-electron chi connectivity index (χ0n) is 17.3. The van der Waals surface area contributed by atoms with Crippen molar-refractivity contribution in [3.63, 3.8) is 0 Å². The highest BCUT2D eigenvalue weighted by molar-refractivity contribution is 5.95. The van der Waals surface area contributed by atoms with Crippen LogP contribution >= 0.6 is 0 Å². The maximum atomic E-state index is 12.7. The predicted octanol–water partition coefficient (Wildman–Crippen LogP) is 3.77. The third-order valence-electron chi connectivity index (χ3n) is 3.87. The Hall–Kier alpha value is -3.22. The van der Waals surface area contributed by atoms with Gasteiger partial charge in [0.1, 0.15) is 0 Å². The van der Waals surface area contributed by atoms with Crippen LogP contribution in [0.25, 0.3) is 0 Å². The number of hydrogen-bond acceptors (Lipinski definition) is 5. The SMILES string of the molecule is CCOc1cc(C(=O)NCc2cccc(NC(C)=O)c2)cc(OCC)c1OCC. The van der Waals surface area contributed by atoms with Crippen LogP contribution in [0.1, 0.15) is 43.6 Å². The van der Waals surface area contributed by atoms with Gasteiger partial charge in [0.15, 0.2) is 11.5 Å². The monoisotopic (exact) mass is 400 g/mol. The lowest BCUT2D eigenvalue weighted by Crippen LogP contribution is -2.23.